The molecule has 0 saturated heterocycles. The van der Waals surface area contributed by atoms with Crippen molar-refractivity contribution in [3.8, 4) is 0 Å². The van der Waals surface area contributed by atoms with Crippen LogP contribution in [0, 0.1) is 0 Å². The van der Waals surface area contributed by atoms with E-state index in [0.29, 0.717) is 0 Å². The molecule has 0 heterocycles. The molecule has 0 rings (SSSR count). The van der Waals surface area contributed by atoms with Gasteiger partial charge in [-0.15, -0.1) is 0 Å². The van der Waals surface area contributed by atoms with Gasteiger partial charge >= 0.3 is 29.6 Å². The molecule has 0 bridgehead atoms. The SMILES string of the molecule is CC[SH2+].[Na+].[O-][B]O.[OH-]. The topological polar surface area (TPSA) is 73.3 Å². The average Bonchev–Trinajstić information content (AvgIpc) is 1.39. The van der Waals surface area contributed by atoms with Crippen molar-refractivity contribution >= 4 is 20.3 Å². The van der Waals surface area contributed by atoms with Gasteiger partial charge in [0.25, 0.3) is 0 Å². The van der Waals surface area contributed by atoms with Crippen LogP contribution in [0.5, 0.6) is 0 Å². The van der Waals surface area contributed by atoms with Gasteiger partial charge in [-0.25, -0.2) is 0 Å². The van der Waals surface area contributed by atoms with Crippen LogP contribution >= 0.6 is 0 Å². The molecule has 0 aliphatic carbocycles. The Morgan fingerprint density at radius 1 is 1.75 bits per heavy atom. The van der Waals surface area contributed by atoms with Gasteiger partial charge in [0.2, 0.25) is 0 Å². The molecule has 0 unspecified atom stereocenters. The van der Waals surface area contributed by atoms with Crippen molar-refractivity contribution in [3.05, 3.63) is 0 Å². The van der Waals surface area contributed by atoms with E-state index >= 15 is 0 Å². The Morgan fingerprint density at radius 3 is 1.75 bits per heavy atom. The van der Waals surface area contributed by atoms with Gasteiger partial charge in [-0.3, -0.25) is 0 Å². The Morgan fingerprint density at radius 2 is 1.75 bits per heavy atom. The van der Waals surface area contributed by atoms with Gasteiger partial charge in [-0.2, -0.15) is 0 Å². The van der Waals surface area contributed by atoms with E-state index in [2.05, 4.69) is 12.6 Å². The molecule has 0 saturated carbocycles. The van der Waals surface area contributed by atoms with Crippen LogP contribution in [0.25, 0.3) is 0 Å². The van der Waals surface area contributed by atoms with Gasteiger partial charge < -0.3 is 15.5 Å². The van der Waals surface area contributed by atoms with Crippen molar-refractivity contribution in [2.24, 2.45) is 0 Å². The van der Waals surface area contributed by atoms with E-state index in [-0.39, 0.29) is 42.7 Å². The van der Waals surface area contributed by atoms with Crippen LogP contribution < -0.4 is 34.6 Å². The van der Waals surface area contributed by atoms with Crippen LogP contribution in [-0.4, -0.2) is 23.9 Å². The van der Waals surface area contributed by atoms with E-state index in [4.69, 9.17) is 10.0 Å². The summed E-state index contributed by atoms with van der Waals surface area (Å²) in [6, 6.07) is 0. The van der Waals surface area contributed by atoms with Gasteiger partial charge in [0.05, 0.1) is 0 Å². The molecule has 0 aliphatic heterocycles. The quantitative estimate of drug-likeness (QED) is 0.274. The van der Waals surface area contributed by atoms with Crippen LogP contribution in [-0.2, 0) is 12.6 Å². The standard InChI is InChI=1S/C2H6S.BHO2.Na.H2O/c1-2-3;2-1-3;;/h3H,2H2,1H3;2H;;1H2/q;-1;+1;. The molecule has 1 radical (unpaired) electrons. The maximum atomic E-state index is 8.36. The molecule has 0 aromatic carbocycles. The molecular weight excluding hydrogens is 138 g/mol. The van der Waals surface area contributed by atoms with E-state index in [0.717, 1.165) is 5.75 Å². The normalized spacial score (nSPS) is 4.00. The van der Waals surface area contributed by atoms with E-state index in [1.165, 1.54) is 0 Å². The molecule has 0 spiro atoms. The van der Waals surface area contributed by atoms with E-state index < -0.39 is 0 Å². The second-order valence-electron chi connectivity index (χ2n) is 0.459. The molecule has 0 aliphatic rings. The first-order valence-corrected chi connectivity index (χ1v) is 2.26. The zero-order valence-corrected chi connectivity index (χ0v) is 8.09. The van der Waals surface area contributed by atoms with Crippen molar-refractivity contribution in [2.75, 3.05) is 5.75 Å². The average molecular weight is 147 g/mol. The Labute approximate surface area is 77.8 Å². The molecular formula is C2H9BNaO3S. The molecule has 0 amide bonds. The van der Waals surface area contributed by atoms with Gasteiger partial charge in [0.15, 0.2) is 7.69 Å². The molecule has 6 heteroatoms. The summed E-state index contributed by atoms with van der Waals surface area (Å²) in [4.78, 5) is 0. The molecule has 0 aromatic rings. The van der Waals surface area contributed by atoms with Crippen LogP contribution in [0.15, 0.2) is 0 Å². The zero-order chi connectivity index (χ0) is 5.41. The third-order valence-corrected chi connectivity index (χ3v) is 0. The summed E-state index contributed by atoms with van der Waals surface area (Å²) < 4.78 is 0. The van der Waals surface area contributed by atoms with Crippen molar-refractivity contribution < 1.29 is 45.1 Å². The summed E-state index contributed by atoms with van der Waals surface area (Å²) in [6.45, 7) is 2.04. The maximum absolute atomic E-state index is 8.36. The third-order valence-electron chi connectivity index (χ3n) is 0. The first-order chi connectivity index (χ1) is 2.83. The van der Waals surface area contributed by atoms with E-state index in [9.17, 15) is 0 Å². The minimum Gasteiger partial charge on any atom is -0.870 e. The monoisotopic (exact) mass is 147 g/mol. The van der Waals surface area contributed by atoms with Crippen LogP contribution in [0.4, 0.5) is 0 Å². The van der Waals surface area contributed by atoms with Crippen LogP contribution in [0.2, 0.25) is 0 Å². The van der Waals surface area contributed by atoms with Gasteiger partial charge in [0.1, 0.15) is 5.75 Å². The van der Waals surface area contributed by atoms with E-state index in [1.54, 1.807) is 0 Å². The molecule has 0 fully saturated rings. The summed E-state index contributed by atoms with van der Waals surface area (Å²) in [7, 11) is -0.250. The van der Waals surface area contributed by atoms with Gasteiger partial charge in [-0.1, -0.05) is 0 Å². The summed E-state index contributed by atoms with van der Waals surface area (Å²) >= 11 is 3.18. The first kappa shape index (κ1) is 22.8. The number of hydrogen-bond acceptors (Lipinski definition) is 3. The predicted molar refractivity (Wildman–Crippen MR) is 30.6 cm³/mol. The van der Waals surface area contributed by atoms with Crippen molar-refractivity contribution in [1.29, 1.82) is 0 Å². The van der Waals surface area contributed by atoms with Crippen molar-refractivity contribution in [1.82, 2.24) is 0 Å². The van der Waals surface area contributed by atoms with Crippen molar-refractivity contribution in [3.63, 3.8) is 0 Å². The van der Waals surface area contributed by atoms with Crippen LogP contribution in [0.3, 0.4) is 0 Å². The van der Waals surface area contributed by atoms with Crippen molar-refractivity contribution in [2.45, 2.75) is 6.92 Å². The summed E-state index contributed by atoms with van der Waals surface area (Å²) in [5.74, 6) is 1.06. The first-order valence-electron chi connectivity index (χ1n) is 1.55. The molecule has 0 atom stereocenters. The molecule has 2 N–H and O–H groups in total. The fourth-order valence-electron chi connectivity index (χ4n) is 0. The Kier molecular flexibility index (Phi) is 116. The van der Waals surface area contributed by atoms with Gasteiger partial charge in [0, 0.05) is 0 Å². The van der Waals surface area contributed by atoms with E-state index in [1.807, 2.05) is 6.92 Å². The zero-order valence-electron chi connectivity index (χ0n) is 5.09. The maximum Gasteiger partial charge on any atom is 1.00 e. The predicted octanol–water partition coefficient (Wildman–Crippen LogP) is -5.28. The number of hydrogen-bond donors (Lipinski definition) is 1. The minimum absolute atomic E-state index is 0. The Hall–Kier alpha value is 1.29. The summed E-state index contributed by atoms with van der Waals surface area (Å²) in [6.07, 6.45) is 0. The number of rotatable bonds is 0. The second-order valence-corrected chi connectivity index (χ2v) is 1.17. The third kappa shape index (κ3) is 172. The van der Waals surface area contributed by atoms with Gasteiger partial charge in [-0.05, 0) is 19.6 Å². The molecule has 3 nitrogen and oxygen atoms in total. The molecule has 8 heavy (non-hydrogen) atoms. The fraction of sp³-hybridized carbons (Fsp3) is 1.00. The largest absolute Gasteiger partial charge is 1.00 e. The fourth-order valence-corrected chi connectivity index (χ4v) is 0. The smallest absolute Gasteiger partial charge is 0.870 e. The molecule has 0 aromatic heterocycles. The Bertz CT molecular complexity index is 19.2. The van der Waals surface area contributed by atoms with Crippen LogP contribution in [0.1, 0.15) is 6.92 Å². The summed E-state index contributed by atoms with van der Waals surface area (Å²) in [5, 5.41) is 15.2. The summed E-state index contributed by atoms with van der Waals surface area (Å²) in [5.41, 5.74) is 0. The molecule has 45 valence electrons. The Balaban J connectivity index is -0.0000000160. The second kappa shape index (κ2) is 40.7. The minimum atomic E-state index is -0.250.